The Morgan fingerprint density at radius 2 is 2.40 bits per heavy atom. The van der Waals surface area contributed by atoms with Crippen LogP contribution in [0.1, 0.15) is 12.8 Å². The summed E-state index contributed by atoms with van der Waals surface area (Å²) in [5.74, 6) is -1.10. The number of carbonyl (C=O) groups excluding carboxylic acids is 2. The third kappa shape index (κ3) is 0.950. The van der Waals surface area contributed by atoms with Crippen LogP contribution in [0, 0.1) is 0 Å². The summed E-state index contributed by atoms with van der Waals surface area (Å²) in [4.78, 5) is 21.0. The van der Waals surface area contributed by atoms with E-state index in [0.29, 0.717) is 11.5 Å². The minimum Gasteiger partial charge on any atom is -0.368 e. The van der Waals surface area contributed by atoms with Crippen LogP contribution < -0.4 is 5.73 Å². The highest BCUT2D eigenvalue weighted by Gasteiger charge is 2.33. The SMILES string of the molecule is NC(=O)[C@@H]1CCC(=O)N1O. The molecule has 5 nitrogen and oxygen atoms in total. The summed E-state index contributed by atoms with van der Waals surface area (Å²) < 4.78 is 0. The molecule has 0 unspecified atom stereocenters. The van der Waals surface area contributed by atoms with Gasteiger partial charge in [0.15, 0.2) is 0 Å². The molecule has 10 heavy (non-hydrogen) atoms. The van der Waals surface area contributed by atoms with Gasteiger partial charge in [0.05, 0.1) is 0 Å². The predicted octanol–water partition coefficient (Wildman–Crippen LogP) is -1.15. The number of hydroxylamine groups is 2. The lowest BCUT2D eigenvalue weighted by molar-refractivity contribution is -0.169. The van der Waals surface area contributed by atoms with E-state index in [1.54, 1.807) is 0 Å². The fraction of sp³-hybridized carbons (Fsp3) is 0.600. The summed E-state index contributed by atoms with van der Waals surface area (Å²) in [6.45, 7) is 0. The molecule has 1 aliphatic rings. The van der Waals surface area contributed by atoms with Gasteiger partial charge in [0, 0.05) is 6.42 Å². The van der Waals surface area contributed by atoms with Crippen LogP contribution in [0.4, 0.5) is 0 Å². The Morgan fingerprint density at radius 1 is 1.80 bits per heavy atom. The normalized spacial score (nSPS) is 25.5. The molecule has 0 saturated carbocycles. The zero-order valence-corrected chi connectivity index (χ0v) is 5.28. The third-order valence-corrected chi connectivity index (χ3v) is 1.51. The number of primary amides is 1. The van der Waals surface area contributed by atoms with Gasteiger partial charge in [-0.15, -0.1) is 0 Å². The lowest BCUT2D eigenvalue weighted by atomic mass is 10.2. The van der Waals surface area contributed by atoms with E-state index in [9.17, 15) is 9.59 Å². The van der Waals surface area contributed by atoms with E-state index in [1.165, 1.54) is 0 Å². The minimum absolute atomic E-state index is 0.199. The van der Waals surface area contributed by atoms with E-state index in [4.69, 9.17) is 10.9 Å². The molecular formula is C5H8N2O3. The molecule has 0 aliphatic carbocycles. The van der Waals surface area contributed by atoms with Gasteiger partial charge >= 0.3 is 0 Å². The molecule has 1 heterocycles. The topological polar surface area (TPSA) is 83.6 Å². The molecule has 56 valence electrons. The summed E-state index contributed by atoms with van der Waals surface area (Å²) >= 11 is 0. The quantitative estimate of drug-likeness (QED) is 0.456. The van der Waals surface area contributed by atoms with Gasteiger partial charge in [-0.2, -0.15) is 0 Å². The molecule has 1 atom stereocenters. The highest BCUT2D eigenvalue weighted by atomic mass is 16.5. The van der Waals surface area contributed by atoms with Crippen molar-refractivity contribution >= 4 is 11.8 Å². The first kappa shape index (κ1) is 7.01. The Morgan fingerprint density at radius 3 is 2.60 bits per heavy atom. The van der Waals surface area contributed by atoms with E-state index in [-0.39, 0.29) is 6.42 Å². The van der Waals surface area contributed by atoms with Gasteiger partial charge in [0.25, 0.3) is 0 Å². The molecule has 3 N–H and O–H groups in total. The Bertz CT molecular complexity index is 180. The summed E-state index contributed by atoms with van der Waals surface area (Å²) in [6, 6.07) is -0.813. The van der Waals surface area contributed by atoms with Crippen LogP contribution in [0.5, 0.6) is 0 Å². The fourth-order valence-electron chi connectivity index (χ4n) is 0.934. The molecule has 2 amide bonds. The Hall–Kier alpha value is -1.10. The first-order valence-corrected chi connectivity index (χ1v) is 2.93. The van der Waals surface area contributed by atoms with Crippen molar-refractivity contribution in [2.24, 2.45) is 5.73 Å². The van der Waals surface area contributed by atoms with Crippen LogP contribution in [0.15, 0.2) is 0 Å². The first-order valence-electron chi connectivity index (χ1n) is 2.93. The zero-order chi connectivity index (χ0) is 7.72. The number of nitrogens with two attached hydrogens (primary N) is 1. The van der Waals surface area contributed by atoms with Crippen molar-refractivity contribution in [1.29, 1.82) is 0 Å². The van der Waals surface area contributed by atoms with Gasteiger partial charge in [-0.05, 0) is 6.42 Å². The van der Waals surface area contributed by atoms with Crippen molar-refractivity contribution in [1.82, 2.24) is 5.06 Å². The lowest BCUT2D eigenvalue weighted by Crippen LogP contribution is -2.39. The first-order chi connectivity index (χ1) is 4.63. The number of amides is 2. The molecule has 1 rings (SSSR count). The molecule has 0 aromatic rings. The number of nitrogens with zero attached hydrogens (tertiary/aromatic N) is 1. The van der Waals surface area contributed by atoms with E-state index >= 15 is 0 Å². The molecule has 0 spiro atoms. The van der Waals surface area contributed by atoms with Crippen molar-refractivity contribution in [3.8, 4) is 0 Å². The Labute approximate surface area is 57.4 Å². The van der Waals surface area contributed by atoms with Crippen molar-refractivity contribution in [2.45, 2.75) is 18.9 Å². The van der Waals surface area contributed by atoms with Crippen LogP contribution in [-0.2, 0) is 9.59 Å². The molecule has 1 aliphatic heterocycles. The van der Waals surface area contributed by atoms with Gasteiger partial charge in [-0.1, -0.05) is 0 Å². The second-order valence-electron chi connectivity index (χ2n) is 2.20. The minimum atomic E-state index is -0.813. The van der Waals surface area contributed by atoms with E-state index in [2.05, 4.69) is 0 Å². The maximum Gasteiger partial charge on any atom is 0.246 e. The summed E-state index contributed by atoms with van der Waals surface area (Å²) in [5.41, 5.74) is 4.86. The second-order valence-corrected chi connectivity index (χ2v) is 2.20. The second kappa shape index (κ2) is 2.26. The largest absolute Gasteiger partial charge is 0.368 e. The Kier molecular flexibility index (Phi) is 1.58. The van der Waals surface area contributed by atoms with E-state index in [1.807, 2.05) is 0 Å². The number of carbonyl (C=O) groups is 2. The van der Waals surface area contributed by atoms with Crippen LogP contribution in [0.2, 0.25) is 0 Å². The van der Waals surface area contributed by atoms with Crippen molar-refractivity contribution in [3.63, 3.8) is 0 Å². The molecule has 1 fully saturated rings. The monoisotopic (exact) mass is 144 g/mol. The summed E-state index contributed by atoms with van der Waals surface area (Å²) in [7, 11) is 0. The standard InChI is InChI=1S/C5H8N2O3/c6-5(9)3-1-2-4(8)7(3)10/h3,10H,1-2H2,(H2,6,9)/t3-/m0/s1. The molecule has 0 aromatic heterocycles. The summed E-state index contributed by atoms with van der Waals surface area (Å²) in [6.07, 6.45) is 0.523. The fourth-order valence-corrected chi connectivity index (χ4v) is 0.934. The molecule has 0 radical (unpaired) electrons. The maximum absolute atomic E-state index is 10.6. The average Bonchev–Trinajstić information content (AvgIpc) is 2.14. The van der Waals surface area contributed by atoms with Crippen molar-refractivity contribution in [2.75, 3.05) is 0 Å². The number of hydrogen-bond donors (Lipinski definition) is 2. The number of hydrogen-bond acceptors (Lipinski definition) is 3. The highest BCUT2D eigenvalue weighted by molar-refractivity contribution is 5.89. The van der Waals surface area contributed by atoms with E-state index in [0.717, 1.165) is 0 Å². The maximum atomic E-state index is 10.6. The van der Waals surface area contributed by atoms with Crippen molar-refractivity contribution in [3.05, 3.63) is 0 Å². The van der Waals surface area contributed by atoms with Crippen LogP contribution in [0.3, 0.4) is 0 Å². The zero-order valence-electron chi connectivity index (χ0n) is 5.28. The lowest BCUT2D eigenvalue weighted by Gasteiger charge is -2.12. The Balaban J connectivity index is 2.66. The highest BCUT2D eigenvalue weighted by Crippen LogP contribution is 2.14. The summed E-state index contributed by atoms with van der Waals surface area (Å²) in [5, 5.41) is 9.22. The average molecular weight is 144 g/mol. The molecular weight excluding hydrogens is 136 g/mol. The van der Waals surface area contributed by atoms with Crippen LogP contribution >= 0.6 is 0 Å². The van der Waals surface area contributed by atoms with Gasteiger partial charge in [-0.25, -0.2) is 5.06 Å². The smallest absolute Gasteiger partial charge is 0.246 e. The van der Waals surface area contributed by atoms with Gasteiger partial charge in [-0.3, -0.25) is 14.8 Å². The predicted molar refractivity (Wildman–Crippen MR) is 30.8 cm³/mol. The van der Waals surface area contributed by atoms with Crippen LogP contribution in [-0.4, -0.2) is 28.1 Å². The molecule has 0 aromatic carbocycles. The molecule has 0 bridgehead atoms. The third-order valence-electron chi connectivity index (χ3n) is 1.51. The molecule has 5 heteroatoms. The van der Waals surface area contributed by atoms with Gasteiger partial charge in [0.1, 0.15) is 6.04 Å². The van der Waals surface area contributed by atoms with E-state index < -0.39 is 17.9 Å². The van der Waals surface area contributed by atoms with Gasteiger partial charge < -0.3 is 5.73 Å². The molecule has 1 saturated heterocycles. The van der Waals surface area contributed by atoms with Crippen LogP contribution in [0.25, 0.3) is 0 Å². The number of rotatable bonds is 1. The van der Waals surface area contributed by atoms with Crippen molar-refractivity contribution < 1.29 is 14.8 Å². The van der Waals surface area contributed by atoms with Gasteiger partial charge in [0.2, 0.25) is 11.8 Å².